The molecule has 1 amide bonds. The van der Waals surface area contributed by atoms with Gasteiger partial charge in [-0.3, -0.25) is 14.4 Å². The van der Waals surface area contributed by atoms with Gasteiger partial charge in [0.2, 0.25) is 17.5 Å². The van der Waals surface area contributed by atoms with Crippen LogP contribution < -0.4 is 15.4 Å². The highest BCUT2D eigenvalue weighted by Crippen LogP contribution is 2.27. The van der Waals surface area contributed by atoms with Crippen molar-refractivity contribution in [2.75, 3.05) is 13.7 Å². The fourth-order valence-electron chi connectivity index (χ4n) is 3.28. The van der Waals surface area contributed by atoms with E-state index >= 15 is 0 Å². The summed E-state index contributed by atoms with van der Waals surface area (Å²) < 4.78 is 58.3. The SMILES string of the molecule is CNC1CCC(C(=O)N[C@@H](CC(=O)O)C(=O)COc2c(F)c(F)cc(F)c2F)CC1. The van der Waals surface area contributed by atoms with Gasteiger partial charge in [0.25, 0.3) is 0 Å². The quantitative estimate of drug-likeness (QED) is 0.405. The summed E-state index contributed by atoms with van der Waals surface area (Å²) in [5, 5.41) is 14.4. The molecule has 3 N–H and O–H groups in total. The van der Waals surface area contributed by atoms with E-state index in [0.717, 1.165) is 12.8 Å². The van der Waals surface area contributed by atoms with E-state index in [1.165, 1.54) is 0 Å². The van der Waals surface area contributed by atoms with E-state index in [9.17, 15) is 31.9 Å². The summed E-state index contributed by atoms with van der Waals surface area (Å²) in [7, 11) is 1.81. The predicted octanol–water partition coefficient (Wildman–Crippen LogP) is 1.93. The molecule has 11 heteroatoms. The molecule has 1 aromatic rings. The van der Waals surface area contributed by atoms with Crippen molar-refractivity contribution in [3.8, 4) is 5.75 Å². The van der Waals surface area contributed by atoms with Crippen LogP contribution in [0.4, 0.5) is 17.6 Å². The molecule has 0 heterocycles. The second kappa shape index (κ2) is 10.4. The fourth-order valence-corrected chi connectivity index (χ4v) is 3.28. The number of ether oxygens (including phenoxy) is 1. The molecule has 0 radical (unpaired) electrons. The number of carboxylic acids is 1. The summed E-state index contributed by atoms with van der Waals surface area (Å²) in [4.78, 5) is 35.8. The minimum Gasteiger partial charge on any atom is -0.481 e. The molecule has 1 atom stereocenters. The Hall–Kier alpha value is -2.69. The average molecular weight is 434 g/mol. The van der Waals surface area contributed by atoms with Crippen molar-refractivity contribution in [2.45, 2.75) is 44.2 Å². The first-order valence-corrected chi connectivity index (χ1v) is 9.32. The van der Waals surface area contributed by atoms with E-state index in [4.69, 9.17) is 5.11 Å². The van der Waals surface area contributed by atoms with Gasteiger partial charge in [-0.05, 0) is 32.7 Å². The number of carbonyl (C=O) groups excluding carboxylic acids is 2. The summed E-state index contributed by atoms with van der Waals surface area (Å²) >= 11 is 0. The van der Waals surface area contributed by atoms with Gasteiger partial charge < -0.3 is 20.5 Å². The van der Waals surface area contributed by atoms with E-state index in [-0.39, 0.29) is 12.1 Å². The number of aliphatic carboxylic acids is 1. The Kier molecular flexibility index (Phi) is 8.16. The lowest BCUT2D eigenvalue weighted by atomic mass is 9.85. The van der Waals surface area contributed by atoms with Gasteiger partial charge in [-0.1, -0.05) is 0 Å². The zero-order valence-electron chi connectivity index (χ0n) is 16.1. The molecule has 7 nitrogen and oxygen atoms in total. The van der Waals surface area contributed by atoms with Crippen LogP contribution in [0.1, 0.15) is 32.1 Å². The van der Waals surface area contributed by atoms with Crippen molar-refractivity contribution < 1.29 is 41.8 Å². The first-order valence-electron chi connectivity index (χ1n) is 9.32. The zero-order chi connectivity index (χ0) is 22.4. The highest BCUT2D eigenvalue weighted by Gasteiger charge is 2.31. The van der Waals surface area contributed by atoms with E-state index in [1.54, 1.807) is 0 Å². The molecule has 0 unspecified atom stereocenters. The minimum atomic E-state index is -1.83. The largest absolute Gasteiger partial charge is 0.481 e. The lowest BCUT2D eigenvalue weighted by Gasteiger charge is -2.28. The number of ketones is 1. The molecule has 1 fully saturated rings. The Balaban J connectivity index is 2.04. The fraction of sp³-hybridized carbons (Fsp3) is 0.526. The van der Waals surface area contributed by atoms with Crippen molar-refractivity contribution in [2.24, 2.45) is 5.92 Å². The molecule has 0 saturated heterocycles. The van der Waals surface area contributed by atoms with Crippen molar-refractivity contribution in [1.82, 2.24) is 10.6 Å². The Labute approximate surface area is 169 Å². The average Bonchev–Trinajstić information content (AvgIpc) is 2.71. The third-order valence-electron chi connectivity index (χ3n) is 5.02. The first kappa shape index (κ1) is 23.6. The zero-order valence-corrected chi connectivity index (χ0v) is 16.1. The van der Waals surface area contributed by atoms with E-state index < -0.39 is 71.7 Å². The van der Waals surface area contributed by atoms with Gasteiger partial charge in [0.05, 0.1) is 6.42 Å². The molecule has 1 aliphatic carbocycles. The number of hydrogen-bond acceptors (Lipinski definition) is 5. The van der Waals surface area contributed by atoms with Gasteiger partial charge in [0.15, 0.2) is 23.2 Å². The van der Waals surface area contributed by atoms with Crippen LogP contribution >= 0.6 is 0 Å². The van der Waals surface area contributed by atoms with Gasteiger partial charge in [-0.15, -0.1) is 0 Å². The highest BCUT2D eigenvalue weighted by molar-refractivity contribution is 5.93. The van der Waals surface area contributed by atoms with Gasteiger partial charge in [0.1, 0.15) is 12.6 Å². The number of carboxylic acid groups (broad SMARTS) is 1. The molecular formula is C19H22F4N2O5. The summed E-state index contributed by atoms with van der Waals surface area (Å²) in [6.45, 7) is -1.10. The number of rotatable bonds is 9. The number of benzene rings is 1. The minimum absolute atomic E-state index is 0.0183. The van der Waals surface area contributed by atoms with Crippen molar-refractivity contribution in [1.29, 1.82) is 0 Å². The molecular weight excluding hydrogens is 412 g/mol. The van der Waals surface area contributed by atoms with Crippen LogP contribution in [0.5, 0.6) is 5.75 Å². The number of carbonyl (C=O) groups is 3. The molecule has 0 aliphatic heterocycles. The van der Waals surface area contributed by atoms with Crippen molar-refractivity contribution >= 4 is 17.7 Å². The Morgan fingerprint density at radius 3 is 2.17 bits per heavy atom. The summed E-state index contributed by atoms with van der Waals surface area (Å²) in [5.74, 6) is -11.9. The van der Waals surface area contributed by atoms with Gasteiger partial charge in [-0.2, -0.15) is 8.78 Å². The van der Waals surface area contributed by atoms with Crippen LogP contribution in [0.3, 0.4) is 0 Å². The topological polar surface area (TPSA) is 105 Å². The number of Topliss-reactive ketones (excluding diaryl/α,β-unsaturated/α-hetero) is 1. The van der Waals surface area contributed by atoms with Crippen LogP contribution in [0.15, 0.2) is 6.07 Å². The van der Waals surface area contributed by atoms with Gasteiger partial charge in [-0.25, -0.2) is 8.78 Å². The highest BCUT2D eigenvalue weighted by atomic mass is 19.2. The maximum absolute atomic E-state index is 13.6. The number of amides is 1. The van der Waals surface area contributed by atoms with Crippen LogP contribution in [0.25, 0.3) is 0 Å². The van der Waals surface area contributed by atoms with Gasteiger partial charge >= 0.3 is 5.97 Å². The third kappa shape index (κ3) is 5.91. The lowest BCUT2D eigenvalue weighted by molar-refractivity contribution is -0.141. The molecule has 166 valence electrons. The van der Waals surface area contributed by atoms with Crippen LogP contribution in [0, 0.1) is 29.2 Å². The molecule has 2 rings (SSSR count). The maximum Gasteiger partial charge on any atom is 0.305 e. The predicted molar refractivity (Wildman–Crippen MR) is 95.8 cm³/mol. The van der Waals surface area contributed by atoms with Crippen molar-refractivity contribution in [3.63, 3.8) is 0 Å². The third-order valence-corrected chi connectivity index (χ3v) is 5.02. The van der Waals surface area contributed by atoms with E-state index in [2.05, 4.69) is 15.4 Å². The Bertz CT molecular complexity index is 786. The van der Waals surface area contributed by atoms with E-state index in [1.807, 2.05) is 7.05 Å². The standard InChI is InChI=1S/C19H22F4N2O5/c1-24-10-4-2-9(3-5-10)19(29)25-13(7-15(27)28)14(26)8-30-18-16(22)11(20)6-12(21)17(18)23/h6,9-10,13,24H,2-5,7-8H2,1H3,(H,25,29)(H,27,28)/t9?,10?,13-/m0/s1. The first-order chi connectivity index (χ1) is 14.1. The number of nitrogens with one attached hydrogen (secondary N) is 2. The van der Waals surface area contributed by atoms with Crippen LogP contribution in [-0.4, -0.2) is 48.5 Å². The molecule has 1 aromatic carbocycles. The maximum atomic E-state index is 13.6. The van der Waals surface area contributed by atoms with E-state index in [0.29, 0.717) is 12.8 Å². The van der Waals surface area contributed by atoms with Crippen LogP contribution in [-0.2, 0) is 14.4 Å². The smallest absolute Gasteiger partial charge is 0.305 e. The molecule has 0 spiro atoms. The van der Waals surface area contributed by atoms with Gasteiger partial charge in [0, 0.05) is 18.0 Å². The number of hydrogen-bond donors (Lipinski definition) is 3. The summed E-state index contributed by atoms with van der Waals surface area (Å²) in [6.07, 6.45) is 1.77. The second-order valence-electron chi connectivity index (χ2n) is 7.05. The Morgan fingerprint density at radius 2 is 1.67 bits per heavy atom. The monoisotopic (exact) mass is 434 g/mol. The molecule has 0 aromatic heterocycles. The summed E-state index contributed by atoms with van der Waals surface area (Å²) in [6, 6.07) is -1.27. The molecule has 1 aliphatic rings. The number of halogens is 4. The second-order valence-corrected chi connectivity index (χ2v) is 7.05. The molecule has 30 heavy (non-hydrogen) atoms. The van der Waals surface area contributed by atoms with Crippen molar-refractivity contribution in [3.05, 3.63) is 29.3 Å². The Morgan fingerprint density at radius 1 is 1.10 bits per heavy atom. The van der Waals surface area contributed by atoms with Crippen LogP contribution in [0.2, 0.25) is 0 Å². The summed E-state index contributed by atoms with van der Waals surface area (Å²) in [5.41, 5.74) is 0. The lowest BCUT2D eigenvalue weighted by Crippen LogP contribution is -2.47. The normalized spacial score (nSPS) is 19.8. The molecule has 0 bridgehead atoms. The molecule has 1 saturated carbocycles.